The number of aromatic nitrogens is 2. The molecule has 0 N–H and O–H groups in total. The summed E-state index contributed by atoms with van der Waals surface area (Å²) in [6.07, 6.45) is 0.655. The van der Waals surface area contributed by atoms with Crippen molar-refractivity contribution in [3.05, 3.63) is 83.2 Å². The molecule has 0 radical (unpaired) electrons. The molecular weight excluding hydrogens is 404 g/mol. The van der Waals surface area contributed by atoms with Crippen molar-refractivity contribution in [2.24, 2.45) is 0 Å². The number of rotatable bonds is 9. The maximum atomic E-state index is 13.3. The second-order valence-electron chi connectivity index (χ2n) is 7.25. The van der Waals surface area contributed by atoms with Gasteiger partial charge in [-0.2, -0.15) is 0 Å². The van der Waals surface area contributed by atoms with Crippen molar-refractivity contribution < 1.29 is 14.2 Å². The van der Waals surface area contributed by atoms with Gasteiger partial charge in [-0.15, -0.1) is 0 Å². The third-order valence-corrected chi connectivity index (χ3v) is 5.12. The summed E-state index contributed by atoms with van der Waals surface area (Å²) in [6.45, 7) is 3.51. The van der Waals surface area contributed by atoms with E-state index in [9.17, 15) is 4.79 Å². The van der Waals surface area contributed by atoms with Gasteiger partial charge < -0.3 is 14.2 Å². The molecular formula is C26H26N2O4. The van der Waals surface area contributed by atoms with Gasteiger partial charge in [-0.25, -0.2) is 4.98 Å². The van der Waals surface area contributed by atoms with E-state index in [1.54, 1.807) is 11.7 Å². The van der Waals surface area contributed by atoms with E-state index in [0.29, 0.717) is 42.9 Å². The van der Waals surface area contributed by atoms with Crippen LogP contribution in [0.3, 0.4) is 0 Å². The van der Waals surface area contributed by atoms with E-state index < -0.39 is 0 Å². The minimum absolute atomic E-state index is 0.0558. The first-order chi connectivity index (χ1) is 15.7. The van der Waals surface area contributed by atoms with Crippen molar-refractivity contribution in [1.29, 1.82) is 0 Å². The van der Waals surface area contributed by atoms with Crippen LogP contribution < -0.4 is 19.8 Å². The smallest absolute Gasteiger partial charge is 0.261 e. The number of hydrogen-bond acceptors (Lipinski definition) is 5. The van der Waals surface area contributed by atoms with Crippen molar-refractivity contribution in [2.45, 2.75) is 19.9 Å². The van der Waals surface area contributed by atoms with Crippen LogP contribution in [0.15, 0.2) is 77.6 Å². The Hall–Kier alpha value is -3.80. The number of methoxy groups -OCH3 is 1. The van der Waals surface area contributed by atoms with Crippen LogP contribution in [0.1, 0.15) is 13.3 Å². The van der Waals surface area contributed by atoms with E-state index in [-0.39, 0.29) is 5.56 Å². The Morgan fingerprint density at radius 1 is 0.875 bits per heavy atom. The molecule has 0 unspecified atom stereocenters. The topological polar surface area (TPSA) is 62.6 Å². The lowest BCUT2D eigenvalue weighted by molar-refractivity contribution is 0.296. The monoisotopic (exact) mass is 430 g/mol. The third-order valence-electron chi connectivity index (χ3n) is 5.12. The van der Waals surface area contributed by atoms with Crippen LogP contribution in [0, 0.1) is 0 Å². The zero-order valence-electron chi connectivity index (χ0n) is 18.3. The molecule has 1 aromatic heterocycles. The molecule has 164 valence electrons. The number of hydrogen-bond donors (Lipinski definition) is 0. The van der Waals surface area contributed by atoms with Crippen molar-refractivity contribution in [3.63, 3.8) is 0 Å². The first kappa shape index (κ1) is 21.4. The van der Waals surface area contributed by atoms with E-state index in [2.05, 4.69) is 0 Å². The highest BCUT2D eigenvalue weighted by molar-refractivity contribution is 5.79. The molecule has 0 spiro atoms. The molecule has 6 nitrogen and oxygen atoms in total. The van der Waals surface area contributed by atoms with Crippen LogP contribution in [-0.4, -0.2) is 29.9 Å². The molecule has 0 saturated heterocycles. The zero-order chi connectivity index (χ0) is 22.3. The molecule has 1 heterocycles. The molecule has 0 fully saturated rings. The fourth-order valence-electron chi connectivity index (χ4n) is 3.57. The molecule has 32 heavy (non-hydrogen) atoms. The number of benzene rings is 3. The van der Waals surface area contributed by atoms with E-state index in [0.717, 1.165) is 22.8 Å². The molecule has 4 rings (SSSR count). The number of ether oxygens (including phenoxy) is 3. The average Bonchev–Trinajstić information content (AvgIpc) is 2.83. The van der Waals surface area contributed by atoms with Crippen LogP contribution in [0.5, 0.6) is 17.2 Å². The Bertz CT molecular complexity index is 1250. The Morgan fingerprint density at radius 2 is 1.62 bits per heavy atom. The van der Waals surface area contributed by atoms with Crippen LogP contribution in [-0.2, 0) is 6.54 Å². The van der Waals surface area contributed by atoms with E-state index in [1.807, 2.05) is 79.7 Å². The molecule has 6 heteroatoms. The first-order valence-corrected chi connectivity index (χ1v) is 10.7. The van der Waals surface area contributed by atoms with Crippen molar-refractivity contribution in [2.75, 3.05) is 20.3 Å². The van der Waals surface area contributed by atoms with Gasteiger partial charge in [0.2, 0.25) is 0 Å². The highest BCUT2D eigenvalue weighted by Gasteiger charge is 2.13. The predicted octanol–water partition coefficient (Wildman–Crippen LogP) is 4.94. The lowest BCUT2D eigenvalue weighted by atomic mass is 10.1. The van der Waals surface area contributed by atoms with Gasteiger partial charge in [-0.1, -0.05) is 18.2 Å². The van der Waals surface area contributed by atoms with Gasteiger partial charge in [0, 0.05) is 18.2 Å². The SMILES string of the molecule is CCOc1cccc(OCCCn2c(-c3ccc(OC)cc3)nc3ccccc3c2=O)c1. The molecule has 0 atom stereocenters. The second kappa shape index (κ2) is 10.0. The van der Waals surface area contributed by atoms with Gasteiger partial charge in [-0.05, 0) is 61.9 Å². The average molecular weight is 431 g/mol. The zero-order valence-corrected chi connectivity index (χ0v) is 18.3. The highest BCUT2D eigenvalue weighted by atomic mass is 16.5. The molecule has 4 aromatic rings. The van der Waals surface area contributed by atoms with Crippen molar-refractivity contribution in [3.8, 4) is 28.6 Å². The van der Waals surface area contributed by atoms with Crippen LogP contribution in [0.2, 0.25) is 0 Å². The van der Waals surface area contributed by atoms with E-state index in [4.69, 9.17) is 19.2 Å². The lowest BCUT2D eigenvalue weighted by Crippen LogP contribution is -2.24. The maximum absolute atomic E-state index is 13.3. The van der Waals surface area contributed by atoms with Gasteiger partial charge in [0.1, 0.15) is 23.1 Å². The summed E-state index contributed by atoms with van der Waals surface area (Å²) >= 11 is 0. The number of nitrogens with zero attached hydrogens (tertiary/aromatic N) is 2. The Kier molecular flexibility index (Phi) is 6.70. The molecule has 0 amide bonds. The summed E-state index contributed by atoms with van der Waals surface area (Å²) in [5.74, 6) is 2.91. The molecule has 3 aromatic carbocycles. The molecule has 0 aliphatic heterocycles. The van der Waals surface area contributed by atoms with Crippen LogP contribution in [0.25, 0.3) is 22.3 Å². The Labute approximate surface area is 187 Å². The summed E-state index contributed by atoms with van der Waals surface area (Å²) in [5.41, 5.74) is 1.49. The fraction of sp³-hybridized carbons (Fsp3) is 0.231. The number of fused-ring (bicyclic) bond motifs is 1. The summed E-state index contributed by atoms with van der Waals surface area (Å²) in [7, 11) is 1.63. The van der Waals surface area contributed by atoms with Gasteiger partial charge in [-0.3, -0.25) is 9.36 Å². The van der Waals surface area contributed by atoms with Crippen molar-refractivity contribution >= 4 is 10.9 Å². The molecule has 0 saturated carbocycles. The summed E-state index contributed by atoms with van der Waals surface area (Å²) in [5, 5.41) is 0.607. The van der Waals surface area contributed by atoms with Gasteiger partial charge >= 0.3 is 0 Å². The standard InChI is InChI=1S/C26H26N2O4/c1-3-31-21-8-6-9-22(18-21)32-17-7-16-28-25(19-12-14-20(30-2)15-13-19)27-24-11-5-4-10-23(24)26(28)29/h4-6,8-15,18H,3,7,16-17H2,1-2H3. The second-order valence-corrected chi connectivity index (χ2v) is 7.25. The van der Waals surface area contributed by atoms with E-state index >= 15 is 0 Å². The van der Waals surface area contributed by atoms with Gasteiger partial charge in [0.05, 0.1) is 31.2 Å². The first-order valence-electron chi connectivity index (χ1n) is 10.7. The largest absolute Gasteiger partial charge is 0.497 e. The van der Waals surface area contributed by atoms with Crippen LogP contribution >= 0.6 is 0 Å². The highest BCUT2D eigenvalue weighted by Crippen LogP contribution is 2.23. The predicted molar refractivity (Wildman–Crippen MR) is 126 cm³/mol. The van der Waals surface area contributed by atoms with Crippen LogP contribution in [0.4, 0.5) is 0 Å². The fourth-order valence-corrected chi connectivity index (χ4v) is 3.57. The summed E-state index contributed by atoms with van der Waals surface area (Å²) in [4.78, 5) is 18.1. The third kappa shape index (κ3) is 4.75. The van der Waals surface area contributed by atoms with Gasteiger partial charge in [0.25, 0.3) is 5.56 Å². The number of para-hydroxylation sites is 1. The normalized spacial score (nSPS) is 10.8. The van der Waals surface area contributed by atoms with E-state index in [1.165, 1.54) is 0 Å². The minimum Gasteiger partial charge on any atom is -0.497 e. The van der Waals surface area contributed by atoms with Crippen molar-refractivity contribution in [1.82, 2.24) is 9.55 Å². The molecule has 0 bridgehead atoms. The Balaban J connectivity index is 1.57. The quantitative estimate of drug-likeness (QED) is 0.352. The summed E-state index contributed by atoms with van der Waals surface area (Å²) in [6, 6.07) is 22.6. The summed E-state index contributed by atoms with van der Waals surface area (Å²) < 4.78 is 18.4. The molecule has 0 aliphatic rings. The Morgan fingerprint density at radius 3 is 2.38 bits per heavy atom. The minimum atomic E-state index is -0.0558. The van der Waals surface area contributed by atoms with Gasteiger partial charge in [0.15, 0.2) is 0 Å². The molecule has 0 aliphatic carbocycles. The lowest BCUT2D eigenvalue weighted by Gasteiger charge is -2.14. The maximum Gasteiger partial charge on any atom is 0.261 e.